The van der Waals surface area contributed by atoms with Crippen LogP contribution in [0.5, 0.6) is 0 Å². The summed E-state index contributed by atoms with van der Waals surface area (Å²) in [6, 6.07) is 37.6. The molecular formula is C38H40BrFO8. The van der Waals surface area contributed by atoms with Crippen LogP contribution in [0.25, 0.3) is 0 Å². The average Bonchev–Trinajstić information content (AvgIpc) is 3.11. The number of ether oxygens (including phenoxy) is 6. The number of benzene rings is 4. The van der Waals surface area contributed by atoms with E-state index in [1.807, 2.05) is 121 Å². The minimum absolute atomic E-state index is 0.0607. The first-order valence-electron chi connectivity index (χ1n) is 15.8. The zero-order valence-corrected chi connectivity index (χ0v) is 28.2. The van der Waals surface area contributed by atoms with E-state index in [1.165, 1.54) is 6.92 Å². The van der Waals surface area contributed by atoms with Crippen molar-refractivity contribution in [2.75, 3.05) is 13.2 Å². The Kier molecular flexibility index (Phi) is 12.9. The number of halogens is 2. The molecule has 2 unspecified atom stereocenters. The second kappa shape index (κ2) is 17.3. The molecule has 6 atom stereocenters. The van der Waals surface area contributed by atoms with E-state index in [9.17, 15) is 9.90 Å². The van der Waals surface area contributed by atoms with Crippen LogP contribution in [0.1, 0.15) is 29.2 Å². The highest BCUT2D eigenvalue weighted by atomic mass is 79.9. The molecule has 0 aromatic heterocycles. The first-order valence-corrected chi connectivity index (χ1v) is 16.6. The molecular weight excluding hydrogens is 683 g/mol. The fraction of sp³-hybridized carbons (Fsp3) is 0.342. The zero-order valence-electron chi connectivity index (χ0n) is 26.7. The summed E-state index contributed by atoms with van der Waals surface area (Å²) in [5.41, 5.74) is 3.34. The number of carbonyl (C=O) groups is 1. The molecule has 4 aromatic carbocycles. The van der Waals surface area contributed by atoms with E-state index in [0.29, 0.717) is 0 Å². The molecule has 0 bridgehead atoms. The molecule has 4 aromatic rings. The smallest absolute Gasteiger partial charge is 0.361 e. The quantitative estimate of drug-likeness (QED) is 0.101. The van der Waals surface area contributed by atoms with Gasteiger partial charge in [-0.3, -0.25) is 0 Å². The Morgan fingerprint density at radius 1 is 0.729 bits per heavy atom. The Morgan fingerprint density at radius 3 is 1.60 bits per heavy atom. The lowest BCUT2D eigenvalue weighted by atomic mass is 9.88. The van der Waals surface area contributed by atoms with Gasteiger partial charge in [0.15, 0.2) is 0 Å². The lowest BCUT2D eigenvalue weighted by molar-refractivity contribution is -0.387. The van der Waals surface area contributed by atoms with Crippen molar-refractivity contribution in [2.24, 2.45) is 0 Å². The highest BCUT2D eigenvalue weighted by Gasteiger charge is 2.70. The van der Waals surface area contributed by atoms with Crippen molar-refractivity contribution in [3.05, 3.63) is 144 Å². The highest BCUT2D eigenvalue weighted by Crippen LogP contribution is 2.46. The van der Waals surface area contributed by atoms with Crippen molar-refractivity contribution in [3.8, 4) is 0 Å². The van der Waals surface area contributed by atoms with E-state index in [-0.39, 0.29) is 39.6 Å². The molecule has 0 aliphatic carbocycles. The fourth-order valence-corrected chi connectivity index (χ4v) is 5.91. The van der Waals surface area contributed by atoms with Crippen molar-refractivity contribution >= 4 is 21.9 Å². The topological polar surface area (TPSA) is 92.7 Å². The average molecular weight is 724 g/mol. The predicted molar refractivity (Wildman–Crippen MR) is 180 cm³/mol. The van der Waals surface area contributed by atoms with Gasteiger partial charge in [-0.1, -0.05) is 121 Å². The maximum atomic E-state index is 16.8. The van der Waals surface area contributed by atoms with Gasteiger partial charge in [-0.2, -0.15) is 0 Å². The second-order valence-corrected chi connectivity index (χ2v) is 12.5. The molecule has 1 aliphatic heterocycles. The van der Waals surface area contributed by atoms with E-state index in [1.54, 1.807) is 0 Å². The van der Waals surface area contributed by atoms with Crippen molar-refractivity contribution < 1.29 is 42.7 Å². The van der Waals surface area contributed by atoms with Crippen molar-refractivity contribution in [1.82, 2.24) is 0 Å². The normalized spacial score (nSPS) is 23.7. The third kappa shape index (κ3) is 8.95. The minimum Gasteiger partial charge on any atom is -0.463 e. The Hall–Kier alpha value is -3.48. The summed E-state index contributed by atoms with van der Waals surface area (Å²) >= 11 is 2.85. The van der Waals surface area contributed by atoms with Crippen LogP contribution in [0.3, 0.4) is 0 Å². The standard InChI is InChI=1S/C38H40BrFO8/c1-2-44-36(41)37(39,40)38(42)35(47-26-31-21-13-6-14-22-31)34(46-25-30-19-11-5-12-20-30)33(45-24-29-17-9-4-10-18-29)32(48-38)27-43-23-28-15-7-3-8-16-28/h3-22,32-35,42H,2,23-27H2,1H3/t32-,33-,34+,35-,37?,38?/m1/s1. The molecule has 10 heteroatoms. The van der Waals surface area contributed by atoms with Crippen LogP contribution >= 0.6 is 15.9 Å². The number of hydrogen-bond acceptors (Lipinski definition) is 8. The van der Waals surface area contributed by atoms with E-state index in [4.69, 9.17) is 28.4 Å². The molecule has 48 heavy (non-hydrogen) atoms. The Bertz CT molecular complexity index is 1530. The van der Waals surface area contributed by atoms with Crippen LogP contribution in [0.4, 0.5) is 4.39 Å². The van der Waals surface area contributed by atoms with Crippen molar-refractivity contribution in [3.63, 3.8) is 0 Å². The van der Waals surface area contributed by atoms with Gasteiger partial charge in [-0.15, -0.1) is 0 Å². The van der Waals surface area contributed by atoms with Crippen molar-refractivity contribution in [2.45, 2.75) is 68.1 Å². The summed E-state index contributed by atoms with van der Waals surface area (Å²) in [6.45, 7) is 1.62. The van der Waals surface area contributed by atoms with Gasteiger partial charge in [-0.05, 0) is 45.1 Å². The van der Waals surface area contributed by atoms with Gasteiger partial charge in [0, 0.05) is 0 Å². The molecule has 0 saturated carbocycles. The number of rotatable bonds is 16. The summed E-state index contributed by atoms with van der Waals surface area (Å²) in [4.78, 5) is 13.1. The minimum atomic E-state index is -3.27. The van der Waals surface area contributed by atoms with Crippen LogP contribution < -0.4 is 0 Å². The molecule has 5 rings (SSSR count). The van der Waals surface area contributed by atoms with Gasteiger partial charge in [0.05, 0.1) is 39.6 Å². The summed E-state index contributed by atoms with van der Waals surface area (Å²) in [5, 5.41) is 12.3. The fourth-order valence-electron chi connectivity index (χ4n) is 5.47. The first kappa shape index (κ1) is 35.8. The van der Waals surface area contributed by atoms with E-state index < -0.39 is 40.8 Å². The first-order chi connectivity index (χ1) is 23.3. The lowest BCUT2D eigenvalue weighted by Gasteiger charge is -2.52. The monoisotopic (exact) mass is 722 g/mol. The van der Waals surface area contributed by atoms with Crippen LogP contribution in [0, 0.1) is 0 Å². The van der Waals surface area contributed by atoms with E-state index >= 15 is 4.39 Å². The van der Waals surface area contributed by atoms with Gasteiger partial charge >= 0.3 is 10.5 Å². The van der Waals surface area contributed by atoms with E-state index in [2.05, 4.69) is 15.9 Å². The predicted octanol–water partition coefficient (Wildman–Crippen LogP) is 6.67. The van der Waals surface area contributed by atoms with Gasteiger partial charge < -0.3 is 33.5 Å². The van der Waals surface area contributed by atoms with Gasteiger partial charge in [0.1, 0.15) is 24.4 Å². The third-order valence-electron chi connectivity index (χ3n) is 7.92. The van der Waals surface area contributed by atoms with Crippen LogP contribution in [0.2, 0.25) is 0 Å². The number of aliphatic hydroxyl groups is 1. The molecule has 1 fully saturated rings. The van der Waals surface area contributed by atoms with Crippen LogP contribution in [-0.4, -0.2) is 59.1 Å². The van der Waals surface area contributed by atoms with Gasteiger partial charge in [0.2, 0.25) is 0 Å². The largest absolute Gasteiger partial charge is 0.463 e. The molecule has 8 nitrogen and oxygen atoms in total. The summed E-state index contributed by atoms with van der Waals surface area (Å²) in [6.07, 6.45) is -4.83. The van der Waals surface area contributed by atoms with Gasteiger partial charge in [0.25, 0.3) is 5.79 Å². The Morgan fingerprint density at radius 2 is 1.15 bits per heavy atom. The van der Waals surface area contributed by atoms with E-state index in [0.717, 1.165) is 22.3 Å². The number of carbonyl (C=O) groups excluding carboxylic acids is 1. The highest BCUT2D eigenvalue weighted by molar-refractivity contribution is 9.10. The molecule has 1 aliphatic rings. The molecule has 1 saturated heterocycles. The van der Waals surface area contributed by atoms with Crippen molar-refractivity contribution in [1.29, 1.82) is 0 Å². The van der Waals surface area contributed by atoms with Gasteiger partial charge in [-0.25, -0.2) is 9.18 Å². The molecule has 0 amide bonds. The Labute approximate surface area is 288 Å². The second-order valence-electron chi connectivity index (χ2n) is 11.4. The summed E-state index contributed by atoms with van der Waals surface area (Å²) in [5.74, 6) is -4.34. The lowest BCUT2D eigenvalue weighted by Crippen LogP contribution is -2.74. The molecule has 1 N–H and O–H groups in total. The third-order valence-corrected chi connectivity index (χ3v) is 8.82. The summed E-state index contributed by atoms with van der Waals surface area (Å²) in [7, 11) is 0. The molecule has 1 heterocycles. The molecule has 0 radical (unpaired) electrons. The molecule has 0 spiro atoms. The number of hydrogen-bond donors (Lipinski definition) is 1. The Balaban J connectivity index is 1.54. The number of esters is 1. The molecule has 254 valence electrons. The SMILES string of the molecule is CCOC(=O)C(F)(Br)C1(O)O[C@H](COCc2ccccc2)[C@@H](OCc2ccccc2)[C@H](OCc2ccccc2)[C@H]1OCc1ccccc1. The van der Waals surface area contributed by atoms with Crippen LogP contribution in [-0.2, 0) is 59.6 Å². The maximum Gasteiger partial charge on any atom is 0.361 e. The number of alkyl halides is 2. The van der Waals surface area contributed by atoms with Crippen LogP contribution in [0.15, 0.2) is 121 Å². The summed E-state index contributed by atoms with van der Waals surface area (Å²) < 4.78 is 50.2. The maximum absolute atomic E-state index is 16.8. The zero-order chi connectivity index (χ0) is 33.8.